The van der Waals surface area contributed by atoms with E-state index in [2.05, 4.69) is 38.7 Å². The molecule has 0 aromatic heterocycles. The lowest BCUT2D eigenvalue weighted by molar-refractivity contribution is -0.133. The van der Waals surface area contributed by atoms with Crippen LogP contribution in [0.5, 0.6) is 0 Å². The van der Waals surface area contributed by atoms with E-state index in [0.29, 0.717) is 22.2 Å². The van der Waals surface area contributed by atoms with Crippen molar-refractivity contribution in [1.82, 2.24) is 4.90 Å². The number of amides is 1. The van der Waals surface area contributed by atoms with Crippen molar-refractivity contribution in [2.45, 2.75) is 117 Å². The Labute approximate surface area is 202 Å². The minimum Gasteiger partial charge on any atom is -0.393 e. The van der Waals surface area contributed by atoms with E-state index in [1.807, 2.05) is 0 Å². The maximum Gasteiger partial charge on any atom is 0.222 e. The van der Waals surface area contributed by atoms with Gasteiger partial charge in [0.1, 0.15) is 0 Å². The third-order valence-electron chi connectivity index (χ3n) is 11.7. The van der Waals surface area contributed by atoms with Crippen LogP contribution in [-0.4, -0.2) is 35.1 Å². The van der Waals surface area contributed by atoms with Crippen molar-refractivity contribution in [2.75, 3.05) is 13.1 Å². The number of hydrogen-bond donors (Lipinski definition) is 1. The van der Waals surface area contributed by atoms with Gasteiger partial charge in [-0.15, -0.1) is 0 Å². The number of piperidine rings is 1. The molecule has 0 aromatic carbocycles. The Morgan fingerprint density at radius 1 is 1.00 bits per heavy atom. The van der Waals surface area contributed by atoms with Gasteiger partial charge in [-0.2, -0.15) is 0 Å². The summed E-state index contributed by atoms with van der Waals surface area (Å²) in [5.41, 5.74) is 2.82. The molecule has 1 amide bonds. The Kier molecular flexibility index (Phi) is 6.28. The predicted molar refractivity (Wildman–Crippen MR) is 135 cm³/mol. The molecule has 3 heteroatoms. The molecule has 186 valence electrons. The van der Waals surface area contributed by atoms with Crippen molar-refractivity contribution in [3.63, 3.8) is 0 Å². The second-order valence-electron chi connectivity index (χ2n) is 13.9. The molecule has 0 unspecified atom stereocenters. The van der Waals surface area contributed by atoms with E-state index in [1.165, 1.54) is 44.9 Å². The summed E-state index contributed by atoms with van der Waals surface area (Å²) in [5.74, 6) is 3.75. The van der Waals surface area contributed by atoms with E-state index in [-0.39, 0.29) is 6.10 Å². The quantitative estimate of drug-likeness (QED) is 0.477. The lowest BCUT2D eigenvalue weighted by Crippen LogP contribution is -2.50. The normalized spacial score (nSPS) is 44.5. The highest BCUT2D eigenvalue weighted by molar-refractivity contribution is 5.76. The highest BCUT2D eigenvalue weighted by atomic mass is 16.3. The molecular weight excluding hydrogens is 406 g/mol. The van der Waals surface area contributed by atoms with Crippen LogP contribution >= 0.6 is 0 Å². The van der Waals surface area contributed by atoms with Crippen LogP contribution in [-0.2, 0) is 4.79 Å². The average molecular weight is 456 g/mol. The molecule has 1 saturated heterocycles. The van der Waals surface area contributed by atoms with E-state index in [4.69, 9.17) is 0 Å². The molecule has 0 aromatic rings. The summed E-state index contributed by atoms with van der Waals surface area (Å²) in [4.78, 5) is 15.0. The van der Waals surface area contributed by atoms with Gasteiger partial charge in [-0.3, -0.25) is 4.79 Å². The molecule has 1 aliphatic heterocycles. The van der Waals surface area contributed by atoms with Crippen molar-refractivity contribution >= 4 is 5.91 Å². The van der Waals surface area contributed by atoms with Crippen molar-refractivity contribution < 1.29 is 9.90 Å². The average Bonchev–Trinajstić information content (AvgIpc) is 3.10. The zero-order valence-corrected chi connectivity index (χ0v) is 21.9. The second kappa shape index (κ2) is 8.68. The van der Waals surface area contributed by atoms with Gasteiger partial charge in [0, 0.05) is 19.5 Å². The summed E-state index contributed by atoms with van der Waals surface area (Å²) >= 11 is 0. The number of rotatable bonds is 4. The van der Waals surface area contributed by atoms with Crippen molar-refractivity contribution in [3.8, 4) is 0 Å². The van der Waals surface area contributed by atoms with Gasteiger partial charge in [0.15, 0.2) is 0 Å². The minimum absolute atomic E-state index is 0.107. The van der Waals surface area contributed by atoms with Crippen LogP contribution in [0.1, 0.15) is 111 Å². The van der Waals surface area contributed by atoms with E-state index < -0.39 is 0 Å². The molecule has 0 radical (unpaired) electrons. The Morgan fingerprint density at radius 2 is 1.76 bits per heavy atom. The molecule has 7 atom stereocenters. The monoisotopic (exact) mass is 455 g/mol. The molecular formula is C30H49NO2. The standard InChI is InChI=1S/C30H49NO2/c1-28(2)16-18-31(19-17-28)27(33)7-5-6-21-9-11-25-24-10-8-22-20-23(32)12-14-30(22,4)26(24)13-15-29(21,25)3/h8,21,23-26,32H,5-7,9-20H2,1-4H3/t21-,23-,24-,25-,26-,29+,30-/m0/s1. The largest absolute Gasteiger partial charge is 0.393 e. The fourth-order valence-electron chi connectivity index (χ4n) is 9.24. The van der Waals surface area contributed by atoms with Crippen LogP contribution in [0.25, 0.3) is 0 Å². The molecule has 5 rings (SSSR count). The first kappa shape index (κ1) is 23.9. The number of allylic oxidation sites excluding steroid dienone is 1. The van der Waals surface area contributed by atoms with Gasteiger partial charge in [0.2, 0.25) is 5.91 Å². The van der Waals surface area contributed by atoms with E-state index >= 15 is 0 Å². The lowest BCUT2D eigenvalue weighted by Gasteiger charge is -2.58. The summed E-state index contributed by atoms with van der Waals surface area (Å²) in [6, 6.07) is 0. The second-order valence-corrected chi connectivity index (χ2v) is 13.9. The highest BCUT2D eigenvalue weighted by Gasteiger charge is 2.58. The zero-order valence-electron chi connectivity index (χ0n) is 21.9. The molecule has 4 fully saturated rings. The maximum atomic E-state index is 12.8. The molecule has 0 spiro atoms. The SMILES string of the molecule is CC1(C)CCN(C(=O)CCC[C@H]2CC[C@H]3[C@@H]4CC=C5C[C@@H](O)CC[C@]5(C)[C@H]4CC[C@]23C)CC1. The number of likely N-dealkylation sites (tertiary alicyclic amines) is 1. The number of nitrogens with zero attached hydrogens (tertiary/aromatic N) is 1. The fourth-order valence-corrected chi connectivity index (χ4v) is 9.24. The molecule has 1 N–H and O–H groups in total. The van der Waals surface area contributed by atoms with E-state index in [9.17, 15) is 9.90 Å². The first-order valence-electron chi connectivity index (χ1n) is 14.3. The Morgan fingerprint density at radius 3 is 2.52 bits per heavy atom. The third kappa shape index (κ3) is 4.23. The van der Waals surface area contributed by atoms with E-state index in [0.717, 1.165) is 75.3 Å². The van der Waals surface area contributed by atoms with Crippen LogP contribution in [0.2, 0.25) is 0 Å². The Bertz CT molecular complexity index is 776. The number of carbonyl (C=O) groups is 1. The minimum atomic E-state index is -0.107. The Hall–Kier alpha value is -0.830. The smallest absolute Gasteiger partial charge is 0.222 e. The molecule has 5 aliphatic rings. The van der Waals surface area contributed by atoms with Crippen molar-refractivity contribution in [2.24, 2.45) is 39.9 Å². The summed E-state index contributed by atoms with van der Waals surface area (Å²) in [5, 5.41) is 10.2. The van der Waals surface area contributed by atoms with Gasteiger partial charge in [-0.05, 0) is 117 Å². The molecule has 0 bridgehead atoms. The number of aliphatic hydroxyl groups is 1. The fraction of sp³-hybridized carbons (Fsp3) is 0.900. The van der Waals surface area contributed by atoms with Gasteiger partial charge in [-0.1, -0.05) is 39.3 Å². The Balaban J connectivity index is 1.18. The van der Waals surface area contributed by atoms with Crippen LogP contribution in [0.3, 0.4) is 0 Å². The van der Waals surface area contributed by atoms with Gasteiger partial charge in [0.25, 0.3) is 0 Å². The van der Waals surface area contributed by atoms with Gasteiger partial charge >= 0.3 is 0 Å². The third-order valence-corrected chi connectivity index (χ3v) is 11.7. The van der Waals surface area contributed by atoms with Crippen LogP contribution in [0.4, 0.5) is 0 Å². The number of carbonyl (C=O) groups excluding carboxylic acids is 1. The van der Waals surface area contributed by atoms with Crippen molar-refractivity contribution in [3.05, 3.63) is 11.6 Å². The van der Waals surface area contributed by atoms with Crippen LogP contribution in [0.15, 0.2) is 11.6 Å². The summed E-state index contributed by atoms with van der Waals surface area (Å²) in [6.45, 7) is 11.7. The zero-order chi connectivity index (χ0) is 23.4. The molecule has 3 nitrogen and oxygen atoms in total. The predicted octanol–water partition coefficient (Wildman–Crippen LogP) is 6.75. The summed E-state index contributed by atoms with van der Waals surface area (Å²) < 4.78 is 0. The topological polar surface area (TPSA) is 40.5 Å². The van der Waals surface area contributed by atoms with E-state index in [1.54, 1.807) is 5.57 Å². The number of hydrogen-bond acceptors (Lipinski definition) is 2. The molecule has 1 heterocycles. The number of aliphatic hydroxyl groups excluding tert-OH is 1. The van der Waals surface area contributed by atoms with Crippen molar-refractivity contribution in [1.29, 1.82) is 0 Å². The number of fused-ring (bicyclic) bond motifs is 5. The summed E-state index contributed by atoms with van der Waals surface area (Å²) in [6.07, 6.45) is 17.7. The first-order chi connectivity index (χ1) is 15.6. The lowest BCUT2D eigenvalue weighted by atomic mass is 9.47. The highest BCUT2D eigenvalue weighted by Crippen LogP contribution is 2.66. The maximum absolute atomic E-state index is 12.8. The molecule has 4 aliphatic carbocycles. The molecule has 33 heavy (non-hydrogen) atoms. The molecule has 3 saturated carbocycles. The summed E-state index contributed by atoms with van der Waals surface area (Å²) in [7, 11) is 0. The van der Waals surface area contributed by atoms with Crippen LogP contribution < -0.4 is 0 Å². The van der Waals surface area contributed by atoms with Gasteiger partial charge in [-0.25, -0.2) is 0 Å². The first-order valence-corrected chi connectivity index (χ1v) is 14.3. The van der Waals surface area contributed by atoms with Gasteiger partial charge < -0.3 is 10.0 Å². The van der Waals surface area contributed by atoms with Gasteiger partial charge in [0.05, 0.1) is 6.10 Å². The van der Waals surface area contributed by atoms with Crippen LogP contribution in [0, 0.1) is 39.9 Å².